The molecule has 3 heteroatoms. The van der Waals surface area contributed by atoms with E-state index in [1.165, 1.54) is 38.5 Å². The van der Waals surface area contributed by atoms with Gasteiger partial charge in [-0.15, -0.1) is 0 Å². The zero-order chi connectivity index (χ0) is 12.8. The molecular weight excluding hydrogens is 226 g/mol. The van der Waals surface area contributed by atoms with Gasteiger partial charge in [-0.05, 0) is 68.6 Å². The minimum Gasteiger partial charge on any atom is -0.394 e. The van der Waals surface area contributed by atoms with Crippen molar-refractivity contribution in [3.05, 3.63) is 0 Å². The van der Waals surface area contributed by atoms with Gasteiger partial charge in [0.2, 0.25) is 0 Å². The summed E-state index contributed by atoms with van der Waals surface area (Å²) in [6.45, 7) is 2.68. The summed E-state index contributed by atoms with van der Waals surface area (Å²) in [6, 6.07) is 0.479. The first-order valence-corrected chi connectivity index (χ1v) is 7.63. The average Bonchev–Trinajstić information content (AvgIpc) is 2.33. The van der Waals surface area contributed by atoms with Crippen LogP contribution in [0.3, 0.4) is 0 Å². The van der Waals surface area contributed by atoms with Crippen LogP contribution < -0.4 is 5.32 Å². The molecule has 4 rings (SSSR count). The lowest BCUT2D eigenvalue weighted by molar-refractivity contribution is -0.0720. The molecule has 0 aromatic heterocycles. The second kappa shape index (κ2) is 4.77. The van der Waals surface area contributed by atoms with Crippen molar-refractivity contribution >= 4 is 0 Å². The van der Waals surface area contributed by atoms with Crippen molar-refractivity contribution in [1.29, 1.82) is 0 Å². The third-order valence-corrected chi connectivity index (χ3v) is 5.87. The Labute approximate surface area is 110 Å². The van der Waals surface area contributed by atoms with E-state index in [2.05, 4.69) is 12.2 Å². The van der Waals surface area contributed by atoms with Gasteiger partial charge in [0.05, 0.1) is 12.7 Å². The molecule has 0 amide bonds. The summed E-state index contributed by atoms with van der Waals surface area (Å²) < 4.78 is 0. The van der Waals surface area contributed by atoms with E-state index in [1.807, 2.05) is 0 Å². The van der Waals surface area contributed by atoms with E-state index in [9.17, 15) is 5.11 Å². The molecule has 4 saturated carbocycles. The molecule has 0 aromatic carbocycles. The van der Waals surface area contributed by atoms with E-state index in [1.54, 1.807) is 0 Å². The standard InChI is InChI=1S/C15H27NO2/c1-10(16-8-14(18)9-17)15-5-11-2-12(6-15)4-13(3-11)7-15/h10-14,16-18H,2-9H2,1H3/t10-,11?,12?,13?,14-,15?/m1/s1. The second-order valence-electron chi connectivity index (χ2n) is 7.25. The number of hydrogen-bond acceptors (Lipinski definition) is 3. The van der Waals surface area contributed by atoms with E-state index in [4.69, 9.17) is 5.11 Å². The fourth-order valence-corrected chi connectivity index (χ4v) is 5.30. The Morgan fingerprint density at radius 1 is 1.11 bits per heavy atom. The lowest BCUT2D eigenvalue weighted by Crippen LogP contribution is -2.55. The molecule has 0 saturated heterocycles. The molecule has 0 heterocycles. The van der Waals surface area contributed by atoms with Crippen molar-refractivity contribution in [2.45, 2.75) is 57.6 Å². The van der Waals surface area contributed by atoms with E-state index in [-0.39, 0.29) is 6.61 Å². The summed E-state index contributed by atoms with van der Waals surface area (Å²) in [4.78, 5) is 0. The van der Waals surface area contributed by atoms with Gasteiger partial charge in [0.25, 0.3) is 0 Å². The predicted octanol–water partition coefficient (Wildman–Crippen LogP) is 1.53. The minimum atomic E-state index is -0.610. The normalized spacial score (nSPS) is 45.2. The molecule has 0 unspecified atom stereocenters. The Morgan fingerprint density at radius 2 is 1.61 bits per heavy atom. The Kier molecular flexibility index (Phi) is 3.41. The predicted molar refractivity (Wildman–Crippen MR) is 71.2 cm³/mol. The first kappa shape index (κ1) is 12.9. The summed E-state index contributed by atoms with van der Waals surface area (Å²) >= 11 is 0. The molecule has 0 radical (unpaired) electrons. The van der Waals surface area contributed by atoms with Gasteiger partial charge in [-0.25, -0.2) is 0 Å². The Bertz CT molecular complexity index is 270. The van der Waals surface area contributed by atoms with Gasteiger partial charge in [-0.1, -0.05) is 0 Å². The summed E-state index contributed by atoms with van der Waals surface area (Å²) in [5, 5.41) is 21.8. The Hall–Kier alpha value is -0.120. The summed E-state index contributed by atoms with van der Waals surface area (Å²) in [5.74, 6) is 2.93. The van der Waals surface area contributed by atoms with Gasteiger partial charge >= 0.3 is 0 Å². The Balaban J connectivity index is 1.63. The maximum Gasteiger partial charge on any atom is 0.0895 e. The molecule has 0 aromatic rings. The fraction of sp³-hybridized carbons (Fsp3) is 1.00. The first-order chi connectivity index (χ1) is 8.61. The third kappa shape index (κ3) is 2.21. The lowest BCUT2D eigenvalue weighted by Gasteiger charge is -2.59. The zero-order valence-electron chi connectivity index (χ0n) is 11.4. The maximum absolute atomic E-state index is 9.48. The number of rotatable bonds is 5. The average molecular weight is 253 g/mol. The van der Waals surface area contributed by atoms with Crippen LogP contribution in [0.25, 0.3) is 0 Å². The van der Waals surface area contributed by atoms with Crippen LogP contribution in [0.2, 0.25) is 0 Å². The number of hydrogen-bond donors (Lipinski definition) is 3. The monoisotopic (exact) mass is 253 g/mol. The van der Waals surface area contributed by atoms with E-state index in [0.29, 0.717) is 18.0 Å². The van der Waals surface area contributed by atoms with Crippen LogP contribution in [-0.2, 0) is 0 Å². The SMILES string of the molecule is C[C@@H](NC[C@@H](O)CO)C12CC3CC(CC(C3)C1)C2. The van der Waals surface area contributed by atoms with Crippen molar-refractivity contribution in [3.63, 3.8) is 0 Å². The van der Waals surface area contributed by atoms with Crippen LogP contribution in [0.1, 0.15) is 45.4 Å². The molecule has 104 valence electrons. The van der Waals surface area contributed by atoms with Crippen molar-refractivity contribution in [2.75, 3.05) is 13.2 Å². The molecule has 4 fully saturated rings. The van der Waals surface area contributed by atoms with E-state index >= 15 is 0 Å². The maximum atomic E-state index is 9.48. The summed E-state index contributed by atoms with van der Waals surface area (Å²) in [6.07, 6.45) is 8.00. The zero-order valence-corrected chi connectivity index (χ0v) is 11.4. The highest BCUT2D eigenvalue weighted by Crippen LogP contribution is 2.61. The highest BCUT2D eigenvalue weighted by molar-refractivity contribution is 5.05. The minimum absolute atomic E-state index is 0.138. The van der Waals surface area contributed by atoms with Crippen LogP contribution in [0.15, 0.2) is 0 Å². The first-order valence-electron chi connectivity index (χ1n) is 7.63. The molecule has 3 N–H and O–H groups in total. The van der Waals surface area contributed by atoms with Crippen LogP contribution in [0, 0.1) is 23.2 Å². The quantitative estimate of drug-likeness (QED) is 0.696. The van der Waals surface area contributed by atoms with Gasteiger partial charge in [-0.3, -0.25) is 0 Å². The molecule has 4 bridgehead atoms. The molecule has 4 aliphatic carbocycles. The molecule has 0 aliphatic heterocycles. The van der Waals surface area contributed by atoms with Gasteiger partial charge < -0.3 is 15.5 Å². The van der Waals surface area contributed by atoms with Gasteiger partial charge in [0.1, 0.15) is 0 Å². The Morgan fingerprint density at radius 3 is 2.06 bits per heavy atom. The molecular formula is C15H27NO2. The second-order valence-corrected chi connectivity index (χ2v) is 7.25. The highest BCUT2D eigenvalue weighted by Gasteiger charge is 2.52. The van der Waals surface area contributed by atoms with E-state index in [0.717, 1.165) is 17.8 Å². The lowest BCUT2D eigenvalue weighted by atomic mass is 9.48. The number of aliphatic hydroxyl groups excluding tert-OH is 2. The van der Waals surface area contributed by atoms with Crippen LogP contribution in [0.4, 0.5) is 0 Å². The van der Waals surface area contributed by atoms with Gasteiger partial charge in [0.15, 0.2) is 0 Å². The number of aliphatic hydroxyl groups is 2. The summed E-state index contributed by atoms with van der Waals surface area (Å²) in [5.41, 5.74) is 0.490. The summed E-state index contributed by atoms with van der Waals surface area (Å²) in [7, 11) is 0. The highest BCUT2D eigenvalue weighted by atomic mass is 16.3. The van der Waals surface area contributed by atoms with E-state index < -0.39 is 6.10 Å². The number of nitrogens with one attached hydrogen (secondary N) is 1. The third-order valence-electron chi connectivity index (χ3n) is 5.87. The largest absolute Gasteiger partial charge is 0.394 e. The van der Waals surface area contributed by atoms with Gasteiger partial charge in [-0.2, -0.15) is 0 Å². The molecule has 4 aliphatic rings. The molecule has 18 heavy (non-hydrogen) atoms. The molecule has 2 atom stereocenters. The molecule has 3 nitrogen and oxygen atoms in total. The molecule has 0 spiro atoms. The smallest absolute Gasteiger partial charge is 0.0895 e. The van der Waals surface area contributed by atoms with Crippen molar-refractivity contribution in [1.82, 2.24) is 5.32 Å². The van der Waals surface area contributed by atoms with Crippen molar-refractivity contribution < 1.29 is 10.2 Å². The van der Waals surface area contributed by atoms with Gasteiger partial charge in [0, 0.05) is 12.6 Å². The fourth-order valence-electron chi connectivity index (χ4n) is 5.30. The van der Waals surface area contributed by atoms with Crippen molar-refractivity contribution in [3.8, 4) is 0 Å². The van der Waals surface area contributed by atoms with Crippen LogP contribution in [0.5, 0.6) is 0 Å². The van der Waals surface area contributed by atoms with Crippen molar-refractivity contribution in [2.24, 2.45) is 23.2 Å². The van der Waals surface area contributed by atoms with Crippen LogP contribution in [-0.4, -0.2) is 35.5 Å². The van der Waals surface area contributed by atoms with Crippen LogP contribution >= 0.6 is 0 Å². The topological polar surface area (TPSA) is 52.5 Å².